The minimum absolute atomic E-state index is 0. The van der Waals surface area contributed by atoms with E-state index in [1.807, 2.05) is 13.8 Å². The zero-order valence-corrected chi connectivity index (χ0v) is 29.7. The molecule has 0 saturated heterocycles. The summed E-state index contributed by atoms with van der Waals surface area (Å²) in [5, 5.41) is 0. The Morgan fingerprint density at radius 1 is 0.537 bits per heavy atom. The quantitative estimate of drug-likeness (QED) is 0.246. The summed E-state index contributed by atoms with van der Waals surface area (Å²) >= 11 is 0. The fraction of sp³-hybridized carbons (Fsp3) is 0.375. The molecule has 0 N–H and O–H groups in total. The van der Waals surface area contributed by atoms with Gasteiger partial charge in [0.1, 0.15) is 20.2 Å². The predicted octanol–water partition coefficient (Wildman–Crippen LogP) is 7.20. The van der Waals surface area contributed by atoms with Crippen molar-refractivity contribution in [3.63, 3.8) is 0 Å². The van der Waals surface area contributed by atoms with Crippen LogP contribution in [0.4, 0.5) is 0 Å². The molecule has 2 aliphatic carbocycles. The summed E-state index contributed by atoms with van der Waals surface area (Å²) in [4.78, 5) is -0.170. The number of aryl methyl sites for hydroxylation is 6. The van der Waals surface area contributed by atoms with E-state index in [2.05, 4.69) is 52.0 Å². The van der Waals surface area contributed by atoms with Crippen LogP contribution in [0.1, 0.15) is 73.9 Å². The van der Waals surface area contributed by atoms with Gasteiger partial charge in [-0.05, 0) is 63.8 Å². The molecule has 6 nitrogen and oxygen atoms in total. The van der Waals surface area contributed by atoms with E-state index in [1.54, 1.807) is 52.0 Å². The summed E-state index contributed by atoms with van der Waals surface area (Å²) in [6.07, 6.45) is 13.0. The van der Waals surface area contributed by atoms with Crippen LogP contribution in [0.15, 0.2) is 68.5 Å². The first kappa shape index (κ1) is 39.1. The van der Waals surface area contributed by atoms with Crippen LogP contribution < -0.4 is 0 Å². The minimum atomic E-state index is -4.33. The van der Waals surface area contributed by atoms with E-state index in [4.69, 9.17) is 0 Å². The molecule has 0 saturated carbocycles. The van der Waals surface area contributed by atoms with Crippen LogP contribution in [-0.2, 0) is 46.4 Å². The molecule has 0 radical (unpaired) electrons. The van der Waals surface area contributed by atoms with Gasteiger partial charge in [0.2, 0.25) is 0 Å². The summed E-state index contributed by atoms with van der Waals surface area (Å²) < 4.78 is 65.0. The molecule has 0 fully saturated rings. The Bertz CT molecular complexity index is 1410. The van der Waals surface area contributed by atoms with Crippen molar-refractivity contribution in [2.45, 2.75) is 91.9 Å². The summed E-state index contributed by atoms with van der Waals surface area (Å²) in [5.74, 6) is 0. The molecule has 220 valence electrons. The number of rotatable bonds is 2. The number of hydrogen-bond donors (Lipinski definition) is 0. The molecule has 0 aromatic heterocycles. The second-order valence-electron chi connectivity index (χ2n) is 10.4. The van der Waals surface area contributed by atoms with Gasteiger partial charge in [-0.25, -0.2) is 40.1 Å². The smallest absolute Gasteiger partial charge is 0.744 e. The van der Waals surface area contributed by atoms with Crippen molar-refractivity contribution in [1.82, 2.24) is 0 Å². The van der Waals surface area contributed by atoms with Crippen molar-refractivity contribution in [2.75, 3.05) is 0 Å². The Hall–Kier alpha value is -1.90. The van der Waals surface area contributed by atoms with Gasteiger partial charge in [0.25, 0.3) is 0 Å². The summed E-state index contributed by atoms with van der Waals surface area (Å²) in [7, 11) is -8.66. The van der Waals surface area contributed by atoms with Crippen molar-refractivity contribution < 1.29 is 52.1 Å². The van der Waals surface area contributed by atoms with Crippen LogP contribution in [0.2, 0.25) is 0 Å². The number of allylic oxidation sites excluding steroid dienone is 8. The maximum atomic E-state index is 10.8. The number of benzene rings is 2. The first-order valence-electron chi connectivity index (χ1n) is 12.8. The van der Waals surface area contributed by atoms with Gasteiger partial charge in [0.05, 0.1) is 9.79 Å². The van der Waals surface area contributed by atoms with E-state index in [-0.39, 0.29) is 36.0 Å². The fourth-order valence-corrected chi connectivity index (χ4v) is 6.42. The maximum Gasteiger partial charge on any atom is 4.00 e. The second kappa shape index (κ2) is 16.7. The van der Waals surface area contributed by atoms with Gasteiger partial charge >= 0.3 is 26.2 Å². The zero-order chi connectivity index (χ0) is 31.0. The Morgan fingerprint density at radius 2 is 0.780 bits per heavy atom. The Labute approximate surface area is 267 Å². The van der Waals surface area contributed by atoms with E-state index < -0.39 is 20.2 Å². The van der Waals surface area contributed by atoms with Crippen molar-refractivity contribution >= 4 is 20.2 Å². The van der Waals surface area contributed by atoms with Crippen LogP contribution in [0, 0.1) is 53.7 Å². The molecule has 0 aliphatic heterocycles. The first-order chi connectivity index (χ1) is 18.2. The van der Waals surface area contributed by atoms with Crippen LogP contribution in [0.25, 0.3) is 0 Å². The van der Waals surface area contributed by atoms with E-state index in [0.717, 1.165) is 24.0 Å². The largest absolute Gasteiger partial charge is 4.00 e. The third kappa shape index (κ3) is 13.7. The fourth-order valence-electron chi connectivity index (χ4n) is 4.61. The van der Waals surface area contributed by atoms with Crippen LogP contribution in [0.3, 0.4) is 0 Å². The second-order valence-corrected chi connectivity index (χ2v) is 13.0. The summed E-state index contributed by atoms with van der Waals surface area (Å²) in [6, 6.07) is 6.77. The molecular formula is C32H40O6S2Zr. The molecule has 0 atom stereocenters. The molecule has 0 bridgehead atoms. The average molecular weight is 676 g/mol. The van der Waals surface area contributed by atoms with Crippen molar-refractivity contribution in [3.8, 4) is 0 Å². The zero-order valence-electron chi connectivity index (χ0n) is 25.6. The summed E-state index contributed by atoms with van der Waals surface area (Å²) in [5.41, 5.74) is 9.30. The van der Waals surface area contributed by atoms with Gasteiger partial charge in [0, 0.05) is 0 Å². The van der Waals surface area contributed by atoms with Gasteiger partial charge in [-0.1, -0.05) is 75.9 Å². The molecule has 0 spiro atoms. The first-order valence-corrected chi connectivity index (χ1v) is 15.6. The standard InChI is InChI=1S/2C9H12O3S.2C7H9.Zr/c2*1-6-4-7(2)9(8(3)5-6)13(10,11)12;2*1-6-3-4-7(2)5-6;/h2*4-5H,1-3H3,(H,10,11,12);2*3H,4H2,1-2H3;/q;;2*-1;+4/p-2. The van der Waals surface area contributed by atoms with Gasteiger partial charge in [-0.2, -0.15) is 11.1 Å². The molecule has 0 unspecified atom stereocenters. The van der Waals surface area contributed by atoms with Gasteiger partial charge in [-0.15, -0.1) is 0 Å². The van der Waals surface area contributed by atoms with Crippen molar-refractivity contribution in [1.29, 1.82) is 0 Å². The van der Waals surface area contributed by atoms with Gasteiger partial charge < -0.3 is 9.11 Å². The predicted molar refractivity (Wildman–Crippen MR) is 159 cm³/mol. The molecule has 0 heterocycles. The maximum absolute atomic E-state index is 10.8. The van der Waals surface area contributed by atoms with E-state index >= 15 is 0 Å². The van der Waals surface area contributed by atoms with E-state index in [9.17, 15) is 25.9 Å². The molecule has 0 amide bonds. The average Bonchev–Trinajstić information content (AvgIpc) is 3.31. The topological polar surface area (TPSA) is 114 Å². The Balaban J connectivity index is 0.000000536. The molecule has 2 aromatic carbocycles. The van der Waals surface area contributed by atoms with Crippen molar-refractivity contribution in [2.24, 2.45) is 0 Å². The Kier molecular flexibility index (Phi) is 15.9. The Morgan fingerprint density at radius 3 is 0.902 bits per heavy atom. The van der Waals surface area contributed by atoms with Gasteiger partial charge in [-0.3, -0.25) is 12.2 Å². The molecule has 41 heavy (non-hydrogen) atoms. The third-order valence-electron chi connectivity index (χ3n) is 5.96. The normalized spacial score (nSPS) is 14.0. The van der Waals surface area contributed by atoms with Crippen molar-refractivity contribution in [3.05, 3.63) is 104 Å². The summed E-state index contributed by atoms with van der Waals surface area (Å²) in [6.45, 7) is 18.6. The molecular weight excluding hydrogens is 636 g/mol. The van der Waals surface area contributed by atoms with Crippen LogP contribution >= 0.6 is 0 Å². The minimum Gasteiger partial charge on any atom is -0.744 e. The monoisotopic (exact) mass is 674 g/mol. The molecule has 2 aliphatic rings. The molecule has 9 heteroatoms. The third-order valence-corrected chi connectivity index (χ3v) is 8.25. The van der Waals surface area contributed by atoms with E-state index in [1.165, 1.54) is 22.3 Å². The molecule has 2 aromatic rings. The molecule has 4 rings (SSSR count). The van der Waals surface area contributed by atoms with E-state index in [0.29, 0.717) is 22.3 Å². The SMILES string of the molecule is CC1=[C-]C(C)=CC1.CC1=[C-]C(C)=CC1.Cc1cc(C)c(S(=O)(=O)[O-])c(C)c1.Cc1cc(C)c(S(=O)(=O)[O-])c(C)c1.[Zr+4]. The van der Waals surface area contributed by atoms with Crippen LogP contribution in [0.5, 0.6) is 0 Å². The van der Waals surface area contributed by atoms with Crippen LogP contribution in [-0.4, -0.2) is 25.9 Å². The number of hydrogen-bond acceptors (Lipinski definition) is 6. The van der Waals surface area contributed by atoms with Gasteiger partial charge in [0.15, 0.2) is 0 Å².